The fourth-order valence-corrected chi connectivity index (χ4v) is 7.83. The highest BCUT2D eigenvalue weighted by atomic mass is 16.5. The van der Waals surface area contributed by atoms with Crippen LogP contribution in [0.25, 0.3) is 0 Å². The lowest BCUT2D eigenvalue weighted by molar-refractivity contribution is -0.424. The smallest absolute Gasteiger partial charge is 0.391 e. The van der Waals surface area contributed by atoms with Crippen LogP contribution in [-0.4, -0.2) is 56.1 Å². The second-order valence-corrected chi connectivity index (χ2v) is 15.1. The molecule has 0 saturated heterocycles. The molecule has 2 aromatic carbocycles. The average molecular weight is 666 g/mol. The van der Waals surface area contributed by atoms with E-state index in [-0.39, 0.29) is 17.2 Å². The Kier molecular flexibility index (Phi) is 12.7. The van der Waals surface area contributed by atoms with Gasteiger partial charge in [0.1, 0.15) is 12.7 Å². The molecule has 3 aliphatic rings. The zero-order valence-electron chi connectivity index (χ0n) is 30.7. The van der Waals surface area contributed by atoms with E-state index in [2.05, 4.69) is 65.5 Å². The van der Waals surface area contributed by atoms with Gasteiger partial charge in [0.25, 0.3) is 0 Å². The number of hydrogen-bond donors (Lipinski definition) is 0. The Morgan fingerprint density at radius 1 is 1.02 bits per heavy atom. The van der Waals surface area contributed by atoms with Gasteiger partial charge in [0.15, 0.2) is 17.7 Å². The highest BCUT2D eigenvalue weighted by molar-refractivity contribution is 5.77. The van der Waals surface area contributed by atoms with Gasteiger partial charge in [0.05, 0.1) is 32.1 Å². The van der Waals surface area contributed by atoms with Gasteiger partial charge in [0, 0.05) is 18.0 Å². The molecule has 1 amide bonds. The second-order valence-electron chi connectivity index (χ2n) is 15.1. The molecule has 1 saturated carbocycles. The monoisotopic (exact) mass is 665 g/mol. The second kappa shape index (κ2) is 17.1. The van der Waals surface area contributed by atoms with Gasteiger partial charge in [0.2, 0.25) is 0 Å². The Bertz CT molecular complexity index is 1570. The predicted octanol–water partition coefficient (Wildman–Crippen LogP) is 9.67. The minimum atomic E-state index is -0.356. The summed E-state index contributed by atoms with van der Waals surface area (Å²) < 4.78 is 13.5. The van der Waals surface area contributed by atoms with E-state index in [0.29, 0.717) is 24.3 Å². The maximum absolute atomic E-state index is 12.6. The molecule has 7 heteroatoms. The van der Waals surface area contributed by atoms with Crippen LogP contribution >= 0.6 is 0 Å². The molecule has 0 aromatic heterocycles. The molecule has 7 nitrogen and oxygen atoms in total. The highest BCUT2D eigenvalue weighted by Crippen LogP contribution is 2.45. The lowest BCUT2D eigenvalue weighted by atomic mass is 9.80. The van der Waals surface area contributed by atoms with Gasteiger partial charge in [-0.3, -0.25) is 5.01 Å². The van der Waals surface area contributed by atoms with Crippen LogP contribution in [0.1, 0.15) is 108 Å². The van der Waals surface area contributed by atoms with Crippen molar-refractivity contribution in [3.05, 3.63) is 88.8 Å². The van der Waals surface area contributed by atoms with E-state index in [9.17, 15) is 4.79 Å². The van der Waals surface area contributed by atoms with Crippen LogP contribution in [0.4, 0.5) is 0 Å². The first-order valence-corrected chi connectivity index (χ1v) is 18.4. The van der Waals surface area contributed by atoms with Crippen molar-refractivity contribution in [2.75, 3.05) is 34.4 Å². The van der Waals surface area contributed by atoms with Gasteiger partial charge in [-0.25, -0.2) is 4.79 Å². The number of allylic oxidation sites excluding steroid dienone is 1. The number of hydrogen-bond acceptors (Lipinski definition) is 6. The topological polar surface area (TPSA) is 66.5 Å². The minimum Gasteiger partial charge on any atom is -0.493 e. The summed E-state index contributed by atoms with van der Waals surface area (Å²) in [5.41, 5.74) is 7.87. The van der Waals surface area contributed by atoms with Crippen LogP contribution in [-0.2, 0) is 4.79 Å². The number of para-hydroxylation sites is 1. The van der Waals surface area contributed by atoms with E-state index >= 15 is 0 Å². The molecule has 1 heterocycles. The molecule has 262 valence electrons. The molecule has 2 aromatic rings. The standard InChI is InChI=1S/C42H57N4O3/c1-42(2,3)41(47)45(4)30-32-25-23-31(24-26-32)27-29-46-28-13-21-37(43-44-46)39(36-20-12-22-38(48-5)40(36)49-6)35-18-10-16-34(17-11-19-35)33-14-8-7-9-15-33/h7-9,12-15,18,20,22,30-32,34,39H,10-11,16-17,19,23-29H2,1-6H3/q+1/b35-18-,45-30?. The van der Waals surface area contributed by atoms with Gasteiger partial charge >= 0.3 is 5.91 Å². The minimum absolute atomic E-state index is 0.118. The molecule has 0 radical (unpaired) electrons. The van der Waals surface area contributed by atoms with Crippen molar-refractivity contribution < 1.29 is 18.8 Å². The lowest BCUT2D eigenvalue weighted by Gasteiger charge is -2.27. The normalized spacial score (nSPS) is 23.8. The van der Waals surface area contributed by atoms with Crippen LogP contribution in [0.2, 0.25) is 0 Å². The maximum atomic E-state index is 12.6. The number of rotatable bonds is 10. The van der Waals surface area contributed by atoms with Gasteiger partial charge in [-0.2, -0.15) is 4.58 Å². The summed E-state index contributed by atoms with van der Waals surface area (Å²) in [6, 6.07) is 17.1. The highest BCUT2D eigenvalue weighted by Gasteiger charge is 2.32. The number of carbonyl (C=O) groups excluding carboxylic acids is 1. The van der Waals surface area contributed by atoms with E-state index in [1.807, 2.05) is 44.5 Å². The van der Waals surface area contributed by atoms with Crippen molar-refractivity contribution in [3.8, 4) is 11.5 Å². The number of carbonyl (C=O) groups is 1. The molecule has 2 unspecified atom stereocenters. The Morgan fingerprint density at radius 3 is 2.51 bits per heavy atom. The molecular weight excluding hydrogens is 608 g/mol. The largest absolute Gasteiger partial charge is 0.493 e. The molecule has 1 aliphatic heterocycles. The molecule has 2 aliphatic carbocycles. The van der Waals surface area contributed by atoms with Crippen molar-refractivity contribution in [1.82, 2.24) is 5.01 Å². The molecule has 0 spiro atoms. The first kappa shape index (κ1) is 36.3. The summed E-state index contributed by atoms with van der Waals surface area (Å²) in [7, 11) is 5.31. The third-order valence-corrected chi connectivity index (χ3v) is 10.5. The van der Waals surface area contributed by atoms with Crippen molar-refractivity contribution in [2.24, 2.45) is 27.6 Å². The zero-order chi connectivity index (χ0) is 34.8. The van der Waals surface area contributed by atoms with Crippen LogP contribution < -0.4 is 9.47 Å². The van der Waals surface area contributed by atoms with Crippen LogP contribution in [0, 0.1) is 17.3 Å². The van der Waals surface area contributed by atoms with Crippen LogP contribution in [0.5, 0.6) is 11.5 Å². The van der Waals surface area contributed by atoms with Crippen LogP contribution in [0.3, 0.4) is 0 Å². The Morgan fingerprint density at radius 2 is 1.80 bits per heavy atom. The van der Waals surface area contributed by atoms with Gasteiger partial charge in [-0.15, -0.1) is 5.11 Å². The third kappa shape index (κ3) is 9.60. The quantitative estimate of drug-likeness (QED) is 0.110. The zero-order valence-corrected chi connectivity index (χ0v) is 30.7. The van der Waals surface area contributed by atoms with Crippen LogP contribution in [0.15, 0.2) is 88.0 Å². The van der Waals surface area contributed by atoms with Crippen molar-refractivity contribution >= 4 is 12.1 Å². The number of benzene rings is 2. The van der Waals surface area contributed by atoms with E-state index in [1.54, 1.807) is 14.2 Å². The van der Waals surface area contributed by atoms with E-state index in [0.717, 1.165) is 74.3 Å². The molecule has 5 rings (SSSR count). The van der Waals surface area contributed by atoms with Gasteiger partial charge < -0.3 is 9.47 Å². The molecule has 0 bridgehead atoms. The van der Waals surface area contributed by atoms with Gasteiger partial charge in [-0.1, -0.05) is 65.1 Å². The predicted molar refractivity (Wildman–Crippen MR) is 197 cm³/mol. The van der Waals surface area contributed by atoms with Crippen molar-refractivity contribution in [3.63, 3.8) is 0 Å². The number of methoxy groups -OCH3 is 2. The third-order valence-electron chi connectivity index (χ3n) is 10.5. The van der Waals surface area contributed by atoms with E-state index in [1.165, 1.54) is 30.4 Å². The Balaban J connectivity index is 1.27. The first-order chi connectivity index (χ1) is 23.7. The summed E-state index contributed by atoms with van der Waals surface area (Å²) in [6.07, 6.45) is 17.8. The molecule has 0 N–H and O–H groups in total. The van der Waals surface area contributed by atoms with E-state index in [4.69, 9.17) is 19.8 Å². The Labute approximate surface area is 294 Å². The molecule has 1 fully saturated rings. The van der Waals surface area contributed by atoms with Crippen molar-refractivity contribution in [1.29, 1.82) is 0 Å². The summed E-state index contributed by atoms with van der Waals surface area (Å²) in [5, 5.41) is 11.8. The summed E-state index contributed by atoms with van der Waals surface area (Å²) in [6.45, 7) is 7.51. The summed E-state index contributed by atoms with van der Waals surface area (Å²) in [5.74, 6) is 3.24. The van der Waals surface area contributed by atoms with E-state index < -0.39 is 0 Å². The van der Waals surface area contributed by atoms with Gasteiger partial charge in [-0.05, 0) is 115 Å². The first-order valence-electron chi connectivity index (χ1n) is 18.4. The number of ether oxygens (including phenoxy) is 2. The van der Waals surface area contributed by atoms with Crippen molar-refractivity contribution in [2.45, 2.75) is 96.8 Å². The summed E-state index contributed by atoms with van der Waals surface area (Å²) >= 11 is 0. The average Bonchev–Trinajstić information content (AvgIpc) is 3.34. The molecule has 2 atom stereocenters. The number of amides is 1. The fraction of sp³-hybridized carbons (Fsp3) is 0.548. The Hall–Kier alpha value is -3.96. The molecule has 49 heavy (non-hydrogen) atoms. The maximum Gasteiger partial charge on any atom is 0.391 e. The number of nitrogens with zero attached hydrogens (tertiary/aromatic N) is 4. The fourth-order valence-electron chi connectivity index (χ4n) is 7.83. The SMILES string of the molecule is COc1cccc(C(C2=C=CCN(CCC3CCC(C=[N+](C)C(=O)C(C)(C)C)CC3)N=N2)/C2=C\CCC(c3ccccc3)CCC2)c1OC. The summed E-state index contributed by atoms with van der Waals surface area (Å²) in [4.78, 5) is 12.6. The molecular formula is C42H57N4O3+. The lowest BCUT2D eigenvalue weighted by Crippen LogP contribution is -2.32.